The topological polar surface area (TPSA) is 81.4 Å². The van der Waals surface area contributed by atoms with E-state index in [2.05, 4.69) is 44.2 Å². The molecular formula is C10H14ClN7. The highest BCUT2D eigenvalue weighted by atomic mass is 35.5. The van der Waals surface area contributed by atoms with Crippen molar-refractivity contribution in [2.45, 2.75) is 32.7 Å². The van der Waals surface area contributed by atoms with E-state index in [1.807, 2.05) is 0 Å². The summed E-state index contributed by atoms with van der Waals surface area (Å²) in [4.78, 5) is 16.1. The molecule has 0 amide bonds. The summed E-state index contributed by atoms with van der Waals surface area (Å²) in [7, 11) is 0. The molecule has 2 aromatic heterocycles. The van der Waals surface area contributed by atoms with Crippen LogP contribution < -0.4 is 5.32 Å². The normalized spacial score (nSPS) is 10.9. The van der Waals surface area contributed by atoms with Crippen LogP contribution in [0.15, 0.2) is 12.7 Å². The minimum absolute atomic E-state index is 0.129. The Hall–Kier alpha value is -1.76. The first-order valence-corrected chi connectivity index (χ1v) is 6.13. The maximum atomic E-state index is 5.87. The van der Waals surface area contributed by atoms with Crippen LogP contribution in [-0.2, 0) is 0 Å². The predicted molar refractivity (Wildman–Crippen MR) is 67.7 cm³/mol. The number of nitrogens with one attached hydrogen (secondary N) is 1. The van der Waals surface area contributed by atoms with Crippen LogP contribution >= 0.6 is 11.6 Å². The molecule has 18 heavy (non-hydrogen) atoms. The molecule has 0 saturated carbocycles. The molecule has 0 spiro atoms. The second-order valence-electron chi connectivity index (χ2n) is 3.73. The second-order valence-corrected chi connectivity index (χ2v) is 4.06. The van der Waals surface area contributed by atoms with Crippen molar-refractivity contribution in [3.8, 4) is 5.95 Å². The molecule has 0 atom stereocenters. The van der Waals surface area contributed by atoms with E-state index >= 15 is 0 Å². The van der Waals surface area contributed by atoms with Crippen molar-refractivity contribution in [1.82, 2.24) is 29.7 Å². The molecule has 1 N–H and O–H groups in total. The van der Waals surface area contributed by atoms with Gasteiger partial charge in [0, 0.05) is 6.04 Å². The Morgan fingerprint density at radius 2 is 2.06 bits per heavy atom. The average molecular weight is 268 g/mol. The largest absolute Gasteiger partial charge is 0.351 e. The highest BCUT2D eigenvalue weighted by Gasteiger charge is 2.10. The highest BCUT2D eigenvalue weighted by Crippen LogP contribution is 2.11. The third-order valence-corrected chi connectivity index (χ3v) is 2.71. The van der Waals surface area contributed by atoms with Crippen LogP contribution in [0.2, 0.25) is 5.28 Å². The Kier molecular flexibility index (Phi) is 4.03. The van der Waals surface area contributed by atoms with Gasteiger partial charge in [0.1, 0.15) is 12.7 Å². The molecular weight excluding hydrogens is 254 g/mol. The number of halogens is 1. The molecule has 0 bridgehead atoms. The molecule has 0 fully saturated rings. The minimum atomic E-state index is 0.129. The molecule has 8 heteroatoms. The van der Waals surface area contributed by atoms with Gasteiger partial charge >= 0.3 is 0 Å². The van der Waals surface area contributed by atoms with Crippen molar-refractivity contribution in [2.75, 3.05) is 5.32 Å². The zero-order valence-electron chi connectivity index (χ0n) is 10.2. The predicted octanol–water partition coefficient (Wildman–Crippen LogP) is 1.71. The number of nitrogens with zero attached hydrogens (tertiary/aromatic N) is 6. The van der Waals surface area contributed by atoms with Crippen molar-refractivity contribution >= 4 is 17.5 Å². The Labute approximate surface area is 110 Å². The summed E-state index contributed by atoms with van der Waals surface area (Å²) in [6, 6.07) is 0.312. The summed E-state index contributed by atoms with van der Waals surface area (Å²) in [6.07, 6.45) is 4.88. The van der Waals surface area contributed by atoms with Gasteiger partial charge in [0.2, 0.25) is 11.2 Å². The number of hydrogen-bond acceptors (Lipinski definition) is 6. The fourth-order valence-electron chi connectivity index (χ4n) is 1.49. The van der Waals surface area contributed by atoms with E-state index in [4.69, 9.17) is 11.6 Å². The standard InChI is InChI=1S/C10H14ClN7/c1-3-7(4-2)14-9-15-8(11)16-10(17-9)18-6-12-5-13-18/h5-7H,3-4H2,1-2H3,(H,14,15,16,17). The lowest BCUT2D eigenvalue weighted by atomic mass is 10.2. The molecule has 96 valence electrons. The van der Waals surface area contributed by atoms with Gasteiger partial charge in [-0.15, -0.1) is 0 Å². The van der Waals surface area contributed by atoms with Crippen molar-refractivity contribution in [2.24, 2.45) is 0 Å². The molecule has 0 aliphatic heterocycles. The van der Waals surface area contributed by atoms with Gasteiger partial charge in [-0.05, 0) is 24.4 Å². The molecule has 0 aliphatic carbocycles. The summed E-state index contributed by atoms with van der Waals surface area (Å²) in [5.41, 5.74) is 0. The first kappa shape index (κ1) is 12.7. The van der Waals surface area contributed by atoms with E-state index in [9.17, 15) is 0 Å². The van der Waals surface area contributed by atoms with Gasteiger partial charge in [0.25, 0.3) is 5.95 Å². The lowest BCUT2D eigenvalue weighted by molar-refractivity contribution is 0.661. The summed E-state index contributed by atoms with van der Waals surface area (Å²) >= 11 is 5.87. The molecule has 7 nitrogen and oxygen atoms in total. The van der Waals surface area contributed by atoms with Crippen molar-refractivity contribution < 1.29 is 0 Å². The van der Waals surface area contributed by atoms with Crippen LogP contribution in [0.5, 0.6) is 0 Å². The smallest absolute Gasteiger partial charge is 0.258 e. The van der Waals surface area contributed by atoms with Crippen LogP contribution in [0, 0.1) is 0 Å². The Bertz CT molecular complexity index is 495. The van der Waals surface area contributed by atoms with Gasteiger partial charge in [-0.2, -0.15) is 24.7 Å². The van der Waals surface area contributed by atoms with Crippen LogP contribution in [0.3, 0.4) is 0 Å². The summed E-state index contributed by atoms with van der Waals surface area (Å²) in [5.74, 6) is 0.801. The van der Waals surface area contributed by atoms with Gasteiger partial charge in [0.05, 0.1) is 0 Å². The SMILES string of the molecule is CCC(CC)Nc1nc(Cl)nc(-n2cncn2)n1. The van der Waals surface area contributed by atoms with E-state index in [0.29, 0.717) is 17.9 Å². The molecule has 0 unspecified atom stereocenters. The Balaban J connectivity index is 2.27. The molecule has 0 radical (unpaired) electrons. The highest BCUT2D eigenvalue weighted by molar-refractivity contribution is 6.28. The van der Waals surface area contributed by atoms with Crippen LogP contribution in [0.4, 0.5) is 5.95 Å². The maximum absolute atomic E-state index is 5.87. The fourth-order valence-corrected chi connectivity index (χ4v) is 1.65. The molecule has 2 rings (SSSR count). The van der Waals surface area contributed by atoms with E-state index in [1.54, 1.807) is 0 Å². The fraction of sp³-hybridized carbons (Fsp3) is 0.500. The van der Waals surface area contributed by atoms with Crippen molar-refractivity contribution in [3.05, 3.63) is 17.9 Å². The number of aromatic nitrogens is 6. The summed E-state index contributed by atoms with van der Waals surface area (Å²) in [6.45, 7) is 4.20. The number of rotatable bonds is 5. The zero-order valence-corrected chi connectivity index (χ0v) is 11.0. The zero-order chi connectivity index (χ0) is 13.0. The lowest BCUT2D eigenvalue weighted by Gasteiger charge is -2.14. The van der Waals surface area contributed by atoms with Gasteiger partial charge in [-0.3, -0.25) is 0 Å². The average Bonchev–Trinajstić information content (AvgIpc) is 2.89. The van der Waals surface area contributed by atoms with E-state index in [0.717, 1.165) is 12.8 Å². The first-order valence-electron chi connectivity index (χ1n) is 5.76. The monoisotopic (exact) mass is 267 g/mol. The molecule has 2 aromatic rings. The quantitative estimate of drug-likeness (QED) is 0.888. The van der Waals surface area contributed by atoms with Gasteiger partial charge in [-0.1, -0.05) is 13.8 Å². The number of anilines is 1. The second kappa shape index (κ2) is 5.72. The minimum Gasteiger partial charge on any atom is -0.351 e. The van der Waals surface area contributed by atoms with Gasteiger partial charge < -0.3 is 5.32 Å². The third-order valence-electron chi connectivity index (χ3n) is 2.54. The van der Waals surface area contributed by atoms with Crippen LogP contribution in [0.1, 0.15) is 26.7 Å². The molecule has 0 aliphatic rings. The molecule has 0 aromatic carbocycles. The number of hydrogen-bond donors (Lipinski definition) is 1. The Morgan fingerprint density at radius 1 is 1.28 bits per heavy atom. The third kappa shape index (κ3) is 2.92. The van der Waals surface area contributed by atoms with Crippen molar-refractivity contribution in [3.63, 3.8) is 0 Å². The Morgan fingerprint density at radius 3 is 2.67 bits per heavy atom. The van der Waals surface area contributed by atoms with E-state index in [-0.39, 0.29) is 5.28 Å². The van der Waals surface area contributed by atoms with Gasteiger partial charge in [0.15, 0.2) is 0 Å². The van der Waals surface area contributed by atoms with Crippen molar-refractivity contribution in [1.29, 1.82) is 0 Å². The maximum Gasteiger partial charge on any atom is 0.258 e. The first-order chi connectivity index (χ1) is 8.72. The van der Waals surface area contributed by atoms with E-state index in [1.165, 1.54) is 17.3 Å². The summed E-state index contributed by atoms with van der Waals surface area (Å²) < 4.78 is 1.44. The summed E-state index contributed by atoms with van der Waals surface area (Å²) in [5, 5.41) is 7.30. The van der Waals surface area contributed by atoms with Crippen LogP contribution in [-0.4, -0.2) is 35.8 Å². The van der Waals surface area contributed by atoms with Crippen LogP contribution in [0.25, 0.3) is 5.95 Å². The van der Waals surface area contributed by atoms with E-state index < -0.39 is 0 Å². The lowest BCUT2D eigenvalue weighted by Crippen LogP contribution is -2.20. The molecule has 0 saturated heterocycles. The molecule has 2 heterocycles. The van der Waals surface area contributed by atoms with Gasteiger partial charge in [-0.25, -0.2) is 4.98 Å².